The number of rotatable bonds is 3. The molecule has 0 spiro atoms. The van der Waals surface area contributed by atoms with Gasteiger partial charge in [0.25, 0.3) is 0 Å². The van der Waals surface area contributed by atoms with Crippen molar-refractivity contribution in [3.8, 4) is 0 Å². The zero-order valence-electron chi connectivity index (χ0n) is 7.90. The van der Waals surface area contributed by atoms with Crippen LogP contribution in [0.1, 0.15) is 17.4 Å². The molecule has 2 heterocycles. The van der Waals surface area contributed by atoms with Crippen LogP contribution in [0.2, 0.25) is 0 Å². The molecule has 2 rings (SSSR count). The van der Waals surface area contributed by atoms with Gasteiger partial charge in [-0.1, -0.05) is 0 Å². The number of pyridine rings is 1. The molecule has 1 aromatic heterocycles. The van der Waals surface area contributed by atoms with Gasteiger partial charge in [-0.3, -0.25) is 9.78 Å². The molecule has 3 nitrogen and oxygen atoms in total. The lowest BCUT2D eigenvalue weighted by molar-refractivity contribution is 0.0455. The second-order valence-corrected chi connectivity index (χ2v) is 4.59. The van der Waals surface area contributed by atoms with E-state index in [0.717, 1.165) is 18.1 Å². The Morgan fingerprint density at radius 2 is 2.36 bits per heavy atom. The highest BCUT2D eigenvalue weighted by molar-refractivity contribution is 8.00. The van der Waals surface area contributed by atoms with Gasteiger partial charge in [-0.25, -0.2) is 0 Å². The van der Waals surface area contributed by atoms with Crippen molar-refractivity contribution in [3.05, 3.63) is 24.0 Å². The van der Waals surface area contributed by atoms with Crippen molar-refractivity contribution in [1.82, 2.24) is 4.98 Å². The van der Waals surface area contributed by atoms with E-state index in [9.17, 15) is 4.79 Å². The van der Waals surface area contributed by atoms with Gasteiger partial charge < -0.3 is 4.74 Å². The second kappa shape index (κ2) is 4.11. The molecule has 14 heavy (non-hydrogen) atoms. The van der Waals surface area contributed by atoms with Crippen LogP contribution in [0.4, 0.5) is 0 Å². The average molecular weight is 209 g/mol. The van der Waals surface area contributed by atoms with Crippen molar-refractivity contribution in [1.29, 1.82) is 0 Å². The molecule has 0 aromatic carbocycles. The predicted octanol–water partition coefficient (Wildman–Crippen LogP) is 1.78. The van der Waals surface area contributed by atoms with Crippen molar-refractivity contribution >= 4 is 17.5 Å². The lowest BCUT2D eigenvalue weighted by Gasteiger charge is -2.24. The molecule has 0 bridgehead atoms. The topological polar surface area (TPSA) is 39.2 Å². The molecule has 1 fully saturated rings. The van der Waals surface area contributed by atoms with Crippen LogP contribution in [-0.2, 0) is 4.74 Å². The third-order valence-electron chi connectivity index (χ3n) is 2.01. The molecule has 1 saturated heterocycles. The van der Waals surface area contributed by atoms with E-state index in [2.05, 4.69) is 4.98 Å². The summed E-state index contributed by atoms with van der Waals surface area (Å²) in [5, 5.41) is 0.556. The van der Waals surface area contributed by atoms with Crippen molar-refractivity contribution in [2.45, 2.75) is 17.1 Å². The molecule has 1 aromatic rings. The standard InChI is InChI=1S/C10H11NO2S/c1-7(12)10-3-2-8(4-11-10)14-9-5-13-6-9/h2-4,9H,5-6H2,1H3. The van der Waals surface area contributed by atoms with Crippen LogP contribution in [-0.4, -0.2) is 29.2 Å². The molecule has 0 atom stereocenters. The largest absolute Gasteiger partial charge is 0.379 e. The number of hydrogen-bond acceptors (Lipinski definition) is 4. The first kappa shape index (κ1) is 9.68. The fraction of sp³-hybridized carbons (Fsp3) is 0.400. The first-order valence-electron chi connectivity index (χ1n) is 4.47. The minimum absolute atomic E-state index is 0.00790. The molecule has 1 aliphatic rings. The maximum absolute atomic E-state index is 11.0. The molecular formula is C10H11NO2S. The number of Topliss-reactive ketones (excluding diaryl/α,β-unsaturated/α-hetero) is 1. The minimum atomic E-state index is 0.00790. The number of aromatic nitrogens is 1. The van der Waals surface area contributed by atoms with Gasteiger partial charge >= 0.3 is 0 Å². The molecule has 0 radical (unpaired) electrons. The zero-order valence-corrected chi connectivity index (χ0v) is 8.71. The molecule has 4 heteroatoms. The van der Waals surface area contributed by atoms with Gasteiger partial charge in [0, 0.05) is 18.0 Å². The number of nitrogens with zero attached hydrogens (tertiary/aromatic N) is 1. The van der Waals surface area contributed by atoms with E-state index in [1.54, 1.807) is 24.0 Å². The lowest BCUT2D eigenvalue weighted by Crippen LogP contribution is -2.30. The third-order valence-corrected chi connectivity index (χ3v) is 3.13. The Bertz CT molecular complexity index is 332. The van der Waals surface area contributed by atoms with Gasteiger partial charge in [0.15, 0.2) is 5.78 Å². The molecule has 0 N–H and O–H groups in total. The maximum Gasteiger partial charge on any atom is 0.178 e. The molecule has 1 aliphatic heterocycles. The maximum atomic E-state index is 11.0. The lowest BCUT2D eigenvalue weighted by atomic mass is 10.3. The third kappa shape index (κ3) is 2.13. The highest BCUT2D eigenvalue weighted by Crippen LogP contribution is 2.27. The Hall–Kier alpha value is -0.870. The van der Waals surface area contributed by atoms with Crippen molar-refractivity contribution in [2.75, 3.05) is 13.2 Å². The number of thioether (sulfide) groups is 1. The summed E-state index contributed by atoms with van der Waals surface area (Å²) >= 11 is 1.75. The van der Waals surface area contributed by atoms with Crippen molar-refractivity contribution < 1.29 is 9.53 Å². The van der Waals surface area contributed by atoms with E-state index in [-0.39, 0.29) is 5.78 Å². The highest BCUT2D eigenvalue weighted by atomic mass is 32.2. The quantitative estimate of drug-likeness (QED) is 0.711. The Kier molecular flexibility index (Phi) is 2.84. The number of carbonyl (C=O) groups is 1. The van der Waals surface area contributed by atoms with E-state index in [1.807, 2.05) is 6.07 Å². The summed E-state index contributed by atoms with van der Waals surface area (Å²) in [4.78, 5) is 16.1. The molecule has 0 aliphatic carbocycles. The molecule has 0 amide bonds. The smallest absolute Gasteiger partial charge is 0.178 e. The Morgan fingerprint density at radius 1 is 1.57 bits per heavy atom. The Morgan fingerprint density at radius 3 is 2.79 bits per heavy atom. The van der Waals surface area contributed by atoms with Crippen LogP contribution in [0.15, 0.2) is 23.2 Å². The summed E-state index contributed by atoms with van der Waals surface area (Å²) in [6, 6.07) is 3.71. The van der Waals surface area contributed by atoms with Gasteiger partial charge in [0.2, 0.25) is 0 Å². The van der Waals surface area contributed by atoms with Crippen LogP contribution in [0, 0.1) is 0 Å². The molecular weight excluding hydrogens is 198 g/mol. The van der Waals surface area contributed by atoms with Crippen LogP contribution in [0.5, 0.6) is 0 Å². The Labute approximate surface area is 86.9 Å². The fourth-order valence-corrected chi connectivity index (χ4v) is 2.11. The summed E-state index contributed by atoms with van der Waals surface area (Å²) in [7, 11) is 0. The van der Waals surface area contributed by atoms with Crippen LogP contribution >= 0.6 is 11.8 Å². The predicted molar refractivity (Wildman–Crippen MR) is 54.7 cm³/mol. The average Bonchev–Trinajstić information content (AvgIpc) is 2.12. The second-order valence-electron chi connectivity index (χ2n) is 3.21. The number of ether oxygens (including phenoxy) is 1. The van der Waals surface area contributed by atoms with E-state index in [1.165, 1.54) is 6.92 Å². The van der Waals surface area contributed by atoms with Gasteiger partial charge in [-0.05, 0) is 12.1 Å². The van der Waals surface area contributed by atoms with Gasteiger partial charge in [0.05, 0.1) is 18.5 Å². The van der Waals surface area contributed by atoms with E-state index >= 15 is 0 Å². The highest BCUT2D eigenvalue weighted by Gasteiger charge is 2.19. The normalized spacial score (nSPS) is 16.4. The first-order valence-corrected chi connectivity index (χ1v) is 5.35. The zero-order chi connectivity index (χ0) is 9.97. The van der Waals surface area contributed by atoms with Gasteiger partial charge in [-0.15, -0.1) is 11.8 Å². The SMILES string of the molecule is CC(=O)c1ccc(SC2COC2)cn1. The van der Waals surface area contributed by atoms with Gasteiger partial charge in [0.1, 0.15) is 5.69 Å². The van der Waals surface area contributed by atoms with Crippen molar-refractivity contribution in [2.24, 2.45) is 0 Å². The molecule has 0 saturated carbocycles. The summed E-state index contributed by atoms with van der Waals surface area (Å²) in [6.07, 6.45) is 1.75. The summed E-state index contributed by atoms with van der Waals surface area (Å²) in [6.45, 7) is 3.16. The summed E-state index contributed by atoms with van der Waals surface area (Å²) in [5.41, 5.74) is 0.527. The van der Waals surface area contributed by atoms with Crippen LogP contribution in [0.3, 0.4) is 0 Å². The van der Waals surface area contributed by atoms with Crippen LogP contribution in [0.25, 0.3) is 0 Å². The number of hydrogen-bond donors (Lipinski definition) is 0. The van der Waals surface area contributed by atoms with E-state index in [0.29, 0.717) is 10.9 Å². The minimum Gasteiger partial charge on any atom is -0.379 e. The van der Waals surface area contributed by atoms with Gasteiger partial charge in [-0.2, -0.15) is 0 Å². The van der Waals surface area contributed by atoms with E-state index < -0.39 is 0 Å². The van der Waals surface area contributed by atoms with Crippen molar-refractivity contribution in [3.63, 3.8) is 0 Å². The number of carbonyl (C=O) groups excluding carboxylic acids is 1. The fourth-order valence-electron chi connectivity index (χ4n) is 1.13. The van der Waals surface area contributed by atoms with Crippen LogP contribution < -0.4 is 0 Å². The summed E-state index contributed by atoms with van der Waals surface area (Å²) < 4.78 is 5.07. The monoisotopic (exact) mass is 209 g/mol. The number of ketones is 1. The first-order chi connectivity index (χ1) is 6.75. The Balaban J connectivity index is 2.01. The summed E-state index contributed by atoms with van der Waals surface area (Å²) in [5.74, 6) is 0.00790. The molecule has 74 valence electrons. The molecule has 0 unspecified atom stereocenters. The van der Waals surface area contributed by atoms with E-state index in [4.69, 9.17) is 4.74 Å².